The zero-order chi connectivity index (χ0) is 61.7. The number of carbonyl (C=O) groups excluding carboxylic acids is 4. The third kappa shape index (κ3) is 21.8. The van der Waals surface area contributed by atoms with E-state index in [9.17, 15) is 88.8 Å². The number of benzene rings is 4. The topological polar surface area (TPSA) is 407 Å². The van der Waals surface area contributed by atoms with E-state index in [2.05, 4.69) is 21.7 Å². The van der Waals surface area contributed by atoms with Crippen LogP contribution in [-0.2, 0) is 44.8 Å². The Morgan fingerprint density at radius 3 is 0.791 bits per heavy atom. The predicted octanol–water partition coefficient (Wildman–Crippen LogP) is -2.91. The minimum absolute atomic E-state index is 0. The predicted molar refractivity (Wildman–Crippen MR) is 308 cm³/mol. The molecule has 2 aliphatic rings. The van der Waals surface area contributed by atoms with Gasteiger partial charge in [-0.15, -0.1) is 0 Å². The first-order valence-electron chi connectivity index (χ1n) is 27.3. The molecular formula is C55H72GaN12O18+3. The molecule has 0 spiro atoms. The van der Waals surface area contributed by atoms with Crippen LogP contribution in [0.1, 0.15) is 31.8 Å². The molecule has 0 radical (unpaired) electrons. The number of hydrogen-bond donors (Lipinski definition) is 12. The number of phenolic OH excluding ortho intramolecular Hbond substituents is 2. The zero-order valence-corrected chi connectivity index (χ0v) is 49.7. The zero-order valence-electron chi connectivity index (χ0n) is 47.3. The Morgan fingerprint density at radius 1 is 0.337 bits per heavy atom. The Hall–Kier alpha value is -7.98. The molecule has 460 valence electrons. The monoisotopic (exact) mass is 1260 g/mol. The summed E-state index contributed by atoms with van der Waals surface area (Å²) in [5, 5.41) is 83.2. The molecule has 2 saturated heterocycles. The second-order valence-corrected chi connectivity index (χ2v) is 20.7. The van der Waals surface area contributed by atoms with Gasteiger partial charge in [-0.25, -0.2) is 0 Å². The maximum absolute atomic E-state index is 14.0. The number of aliphatic carboxylic acids is 6. The normalized spacial score (nSPS) is 16.7. The minimum Gasteiger partial charge on any atom is -0.507 e. The third-order valence-electron chi connectivity index (χ3n) is 14.5. The Balaban J connectivity index is 0.0000135. The number of fused-ring (bicyclic) bond motifs is 2. The molecule has 2 heterocycles. The molecule has 0 atom stereocenters. The fourth-order valence-corrected chi connectivity index (χ4v) is 10.1. The number of aromatic hydroxyl groups is 2. The van der Waals surface area contributed by atoms with Crippen LogP contribution in [0, 0.1) is 0 Å². The van der Waals surface area contributed by atoms with Crippen molar-refractivity contribution in [3.05, 3.63) is 82.9 Å². The smallest absolute Gasteiger partial charge is 0.507 e. The van der Waals surface area contributed by atoms with Gasteiger partial charge in [-0.2, -0.15) is 0 Å². The Labute approximate surface area is 506 Å². The molecule has 0 aliphatic carbocycles. The maximum Gasteiger partial charge on any atom is 3.00 e. The van der Waals surface area contributed by atoms with Gasteiger partial charge in [0.05, 0.1) is 63.5 Å². The first-order valence-corrected chi connectivity index (χ1v) is 27.3. The van der Waals surface area contributed by atoms with Crippen molar-refractivity contribution in [3.8, 4) is 11.5 Å². The summed E-state index contributed by atoms with van der Waals surface area (Å²) in [6, 6.07) is 16.3. The van der Waals surface area contributed by atoms with E-state index in [1.165, 1.54) is 12.1 Å². The van der Waals surface area contributed by atoms with Crippen molar-refractivity contribution in [2.75, 3.05) is 157 Å². The quantitative estimate of drug-likeness (QED) is 0.0312. The molecule has 86 heavy (non-hydrogen) atoms. The van der Waals surface area contributed by atoms with Crippen LogP contribution in [0.25, 0.3) is 21.5 Å². The molecule has 6 rings (SSSR count). The average molecular weight is 1260 g/mol. The van der Waals surface area contributed by atoms with Crippen molar-refractivity contribution in [1.29, 1.82) is 0 Å². The molecule has 12 N–H and O–H groups in total. The molecule has 0 bridgehead atoms. The van der Waals surface area contributed by atoms with E-state index in [1.54, 1.807) is 87.7 Å². The molecular weight excluding hydrogens is 1190 g/mol. The van der Waals surface area contributed by atoms with Crippen LogP contribution in [0.2, 0.25) is 0 Å². The van der Waals surface area contributed by atoms with Gasteiger partial charge in [0.1, 0.15) is 11.5 Å². The number of hydrazine groups is 2. The van der Waals surface area contributed by atoms with Crippen molar-refractivity contribution in [2.24, 2.45) is 0 Å². The van der Waals surface area contributed by atoms with E-state index in [-0.39, 0.29) is 206 Å². The van der Waals surface area contributed by atoms with Gasteiger partial charge < -0.3 is 40.9 Å². The van der Waals surface area contributed by atoms with E-state index >= 15 is 0 Å². The Kier molecular flexibility index (Phi) is 26.9. The van der Waals surface area contributed by atoms with Gasteiger partial charge in [-0.1, -0.05) is 48.5 Å². The van der Waals surface area contributed by atoms with Crippen molar-refractivity contribution in [3.63, 3.8) is 0 Å². The second kappa shape index (κ2) is 33.6. The van der Waals surface area contributed by atoms with Gasteiger partial charge in [-0.05, 0) is 33.7 Å². The summed E-state index contributed by atoms with van der Waals surface area (Å²) in [6.45, 7) is -0.520. The summed E-state index contributed by atoms with van der Waals surface area (Å²) in [5.41, 5.74) is 9.12. The van der Waals surface area contributed by atoms with Crippen LogP contribution in [-0.4, -0.2) is 316 Å². The molecule has 4 amide bonds. The molecule has 4 aromatic carbocycles. The largest absolute Gasteiger partial charge is 3.00 e. The molecule has 30 nitrogen and oxygen atoms in total. The van der Waals surface area contributed by atoms with Crippen LogP contribution in [0.4, 0.5) is 0 Å². The average Bonchev–Trinajstić information content (AvgIpc) is 0.914. The number of phenols is 2. The van der Waals surface area contributed by atoms with Gasteiger partial charge in [-0.3, -0.25) is 109 Å². The molecule has 2 aliphatic heterocycles. The van der Waals surface area contributed by atoms with E-state index in [0.717, 1.165) is 0 Å². The maximum atomic E-state index is 14.0. The molecule has 0 unspecified atom stereocenters. The van der Waals surface area contributed by atoms with Crippen molar-refractivity contribution < 1.29 is 88.8 Å². The number of nitrogens with zero attached hydrogens (tertiary/aromatic N) is 8. The first-order chi connectivity index (χ1) is 40.5. The van der Waals surface area contributed by atoms with Crippen molar-refractivity contribution in [1.82, 2.24) is 60.9 Å². The summed E-state index contributed by atoms with van der Waals surface area (Å²) in [4.78, 5) is 138. The summed E-state index contributed by atoms with van der Waals surface area (Å²) in [7, 11) is 0. The van der Waals surface area contributed by atoms with Crippen molar-refractivity contribution in [2.45, 2.75) is 6.42 Å². The number of carbonyl (C=O) groups is 10. The minimum atomic E-state index is -1.12. The molecule has 0 saturated carbocycles. The van der Waals surface area contributed by atoms with Gasteiger partial charge in [0.2, 0.25) is 0 Å². The van der Waals surface area contributed by atoms with Crippen LogP contribution in [0.15, 0.2) is 60.7 Å². The third-order valence-corrected chi connectivity index (χ3v) is 14.5. The number of carboxylic acids is 6. The summed E-state index contributed by atoms with van der Waals surface area (Å²) in [6.07, 6.45) is -0.270. The fourth-order valence-electron chi connectivity index (χ4n) is 10.1. The van der Waals surface area contributed by atoms with Crippen LogP contribution >= 0.6 is 0 Å². The van der Waals surface area contributed by atoms with E-state index < -0.39 is 70.9 Å². The van der Waals surface area contributed by atoms with E-state index in [1.807, 2.05) is 0 Å². The van der Waals surface area contributed by atoms with E-state index in [4.69, 9.17) is 0 Å². The van der Waals surface area contributed by atoms with Crippen LogP contribution in [0.5, 0.6) is 11.5 Å². The number of carboxylic acid groups (broad SMARTS) is 6. The molecule has 4 aromatic rings. The fraction of sp³-hybridized carbons (Fsp3) is 0.455. The van der Waals surface area contributed by atoms with Gasteiger partial charge in [0.25, 0.3) is 23.6 Å². The SMILES string of the molecule is O=C(O)CN1CCN(CC(=O)O)CCN(CC(=O)NNC(=O)c2cc3ccccc3c(Cc3c(O)c(C(=O)NNC(=O)CN4CCN(CC(=O)O)CCN(CC(=O)O)CCN(CC(=O)O)CC4)cc4ccccc34)c2O)CCN(CC(=O)O)CC1.[Ga+3]. The van der Waals surface area contributed by atoms with Crippen LogP contribution in [0.3, 0.4) is 0 Å². The standard InChI is InChI=1S/C55H72N12O18.Ga/c68-44(28-60-9-13-62(30-46(70)71)17-21-66(34-50(78)79)22-18-63(14-10-60)31-47(72)73)56-58-54(84)42-25-36-5-1-3-7-38(36)40(52(42)82)27-41-39-8-4-2-6-37(39)26-43(53(41)83)55(85)59-57-45(69)29-61-11-15-64(32-48(74)75)19-23-67(35-51(80)81)24-20-65(16-12-61)33-49(76)77;/h1-8,25-26,82-83H,9-24,27-35H2,(H,56,68)(H,57,69)(H,58,84)(H,59,85)(H,70,71)(H,72,73)(H,74,75)(H,76,77)(H,78,79)(H,80,81);/q;+3. The van der Waals surface area contributed by atoms with Gasteiger partial charge in [0.15, 0.2) is 0 Å². The Morgan fingerprint density at radius 2 is 0.558 bits per heavy atom. The number of hydrogen-bond acceptors (Lipinski definition) is 20. The molecule has 31 heteroatoms. The number of nitrogens with one attached hydrogen (secondary N) is 4. The first kappa shape index (κ1) is 68.8. The summed E-state index contributed by atoms with van der Waals surface area (Å²) >= 11 is 0. The molecule has 0 aromatic heterocycles. The van der Waals surface area contributed by atoms with Crippen molar-refractivity contribution >= 4 is 101 Å². The number of amides is 4. The Bertz CT molecular complexity index is 2840. The van der Waals surface area contributed by atoms with Gasteiger partial charge >= 0.3 is 55.6 Å². The summed E-state index contributed by atoms with van der Waals surface area (Å²) < 4.78 is 0. The van der Waals surface area contributed by atoms with Gasteiger partial charge in [0, 0.05) is 122 Å². The molecule has 2 fully saturated rings. The summed E-state index contributed by atoms with van der Waals surface area (Å²) in [5.74, 6) is -11.1. The van der Waals surface area contributed by atoms with E-state index in [0.29, 0.717) is 21.5 Å². The van der Waals surface area contributed by atoms with Crippen LogP contribution < -0.4 is 21.7 Å². The number of rotatable bonds is 20. The second-order valence-electron chi connectivity index (χ2n) is 20.7.